The summed E-state index contributed by atoms with van der Waals surface area (Å²) in [6, 6.07) is 0. The number of carbonyl (C=O) groups is 2. The van der Waals surface area contributed by atoms with Crippen LogP contribution in [0.15, 0.2) is 12.2 Å². The van der Waals surface area contributed by atoms with Gasteiger partial charge in [-0.15, -0.1) is 0 Å². The molecule has 2 bridgehead atoms. The van der Waals surface area contributed by atoms with Gasteiger partial charge in [0.05, 0.1) is 12.5 Å². The average molecular weight is 194 g/mol. The van der Waals surface area contributed by atoms with E-state index in [9.17, 15) is 9.59 Å². The Morgan fingerprint density at radius 1 is 1.57 bits per heavy atom. The van der Waals surface area contributed by atoms with Crippen LogP contribution in [0.5, 0.6) is 0 Å². The van der Waals surface area contributed by atoms with E-state index in [0.29, 0.717) is 0 Å². The molecule has 0 aliphatic heterocycles. The summed E-state index contributed by atoms with van der Waals surface area (Å²) in [5.74, 6) is -0.0480. The summed E-state index contributed by atoms with van der Waals surface area (Å²) in [5, 5.41) is 0. The normalized spacial score (nSPS) is 44.0. The summed E-state index contributed by atoms with van der Waals surface area (Å²) in [7, 11) is 1.38. The zero-order valence-electron chi connectivity index (χ0n) is 8.40. The lowest BCUT2D eigenvalue weighted by Gasteiger charge is -2.32. The van der Waals surface area contributed by atoms with Crippen molar-refractivity contribution in [1.29, 1.82) is 0 Å². The van der Waals surface area contributed by atoms with Gasteiger partial charge in [-0.25, -0.2) is 0 Å². The molecule has 3 nitrogen and oxygen atoms in total. The van der Waals surface area contributed by atoms with Gasteiger partial charge in [-0.1, -0.05) is 12.2 Å². The lowest BCUT2D eigenvalue weighted by molar-refractivity contribution is -0.157. The van der Waals surface area contributed by atoms with Crippen LogP contribution in [0.1, 0.15) is 13.3 Å². The van der Waals surface area contributed by atoms with Crippen LogP contribution in [-0.4, -0.2) is 19.4 Å². The summed E-state index contributed by atoms with van der Waals surface area (Å²) < 4.78 is 4.79. The monoisotopic (exact) mass is 194 g/mol. The Bertz CT molecular complexity index is 308. The fourth-order valence-corrected chi connectivity index (χ4v) is 2.88. The molecular weight excluding hydrogens is 180 g/mol. The molecule has 2 aliphatic carbocycles. The average Bonchev–Trinajstić information content (AvgIpc) is 2.75. The lowest BCUT2D eigenvalue weighted by Crippen LogP contribution is -2.40. The fraction of sp³-hybridized carbons (Fsp3) is 0.636. The van der Waals surface area contributed by atoms with Crippen molar-refractivity contribution in [2.75, 3.05) is 7.11 Å². The molecule has 4 atom stereocenters. The van der Waals surface area contributed by atoms with Crippen LogP contribution in [0.2, 0.25) is 0 Å². The predicted octanol–water partition coefficient (Wildman–Crippen LogP) is 1.19. The quantitative estimate of drug-likeness (QED) is 0.376. The number of methoxy groups -OCH3 is 1. The predicted molar refractivity (Wildman–Crippen MR) is 50.4 cm³/mol. The van der Waals surface area contributed by atoms with Crippen LogP contribution >= 0.6 is 0 Å². The number of carbonyl (C=O) groups excluding carboxylic acids is 2. The highest BCUT2D eigenvalue weighted by Crippen LogP contribution is 2.55. The highest BCUT2D eigenvalue weighted by Gasteiger charge is 2.58. The van der Waals surface area contributed by atoms with E-state index in [4.69, 9.17) is 4.74 Å². The Morgan fingerprint density at radius 2 is 2.29 bits per heavy atom. The molecular formula is C11H14O3. The summed E-state index contributed by atoms with van der Waals surface area (Å²) in [4.78, 5) is 22.7. The molecule has 3 heteroatoms. The second kappa shape index (κ2) is 2.94. The SMILES string of the molecule is COC(=O)C1(C)C2C=CC(C2)C1C=O. The van der Waals surface area contributed by atoms with Crippen LogP contribution in [-0.2, 0) is 14.3 Å². The standard InChI is InChI=1S/C11H14O3/c1-11(10(13)14-2)8-4-3-7(5-8)9(11)6-12/h3-4,6-9H,5H2,1-2H3. The van der Waals surface area contributed by atoms with Crippen molar-refractivity contribution < 1.29 is 14.3 Å². The van der Waals surface area contributed by atoms with Crippen LogP contribution in [0, 0.1) is 23.2 Å². The summed E-state index contributed by atoms with van der Waals surface area (Å²) in [6.45, 7) is 1.84. The van der Waals surface area contributed by atoms with Gasteiger partial charge in [0.25, 0.3) is 0 Å². The Morgan fingerprint density at radius 3 is 2.86 bits per heavy atom. The van der Waals surface area contributed by atoms with E-state index >= 15 is 0 Å². The van der Waals surface area contributed by atoms with Gasteiger partial charge in [-0.3, -0.25) is 4.79 Å². The number of hydrogen-bond donors (Lipinski definition) is 0. The molecule has 76 valence electrons. The number of fused-ring (bicyclic) bond motifs is 2. The first-order chi connectivity index (χ1) is 6.64. The third-order valence-corrected chi connectivity index (χ3v) is 3.81. The third kappa shape index (κ3) is 0.925. The minimum Gasteiger partial charge on any atom is -0.469 e. The minimum atomic E-state index is -0.629. The molecule has 0 aromatic heterocycles. The Hall–Kier alpha value is -1.12. The van der Waals surface area contributed by atoms with Crippen molar-refractivity contribution in [3.8, 4) is 0 Å². The number of hydrogen-bond acceptors (Lipinski definition) is 3. The van der Waals surface area contributed by atoms with Crippen LogP contribution in [0.4, 0.5) is 0 Å². The maximum Gasteiger partial charge on any atom is 0.312 e. The van der Waals surface area contributed by atoms with Gasteiger partial charge in [0.15, 0.2) is 0 Å². The molecule has 0 amide bonds. The van der Waals surface area contributed by atoms with Gasteiger partial charge < -0.3 is 9.53 Å². The number of aldehydes is 1. The first kappa shape index (κ1) is 9.44. The van der Waals surface area contributed by atoms with Crippen molar-refractivity contribution in [3.63, 3.8) is 0 Å². The van der Waals surface area contributed by atoms with E-state index in [2.05, 4.69) is 6.08 Å². The summed E-state index contributed by atoms with van der Waals surface area (Å²) in [5.41, 5.74) is -0.629. The highest BCUT2D eigenvalue weighted by atomic mass is 16.5. The topological polar surface area (TPSA) is 43.4 Å². The van der Waals surface area contributed by atoms with Crippen molar-refractivity contribution >= 4 is 12.3 Å². The van der Waals surface area contributed by atoms with E-state index in [1.54, 1.807) is 0 Å². The molecule has 4 unspecified atom stereocenters. The third-order valence-electron chi connectivity index (χ3n) is 3.81. The Balaban J connectivity index is 2.38. The van der Waals surface area contributed by atoms with Crippen molar-refractivity contribution in [1.82, 2.24) is 0 Å². The molecule has 2 aliphatic rings. The number of ether oxygens (including phenoxy) is 1. The van der Waals surface area contributed by atoms with Crippen molar-refractivity contribution in [2.45, 2.75) is 13.3 Å². The number of allylic oxidation sites excluding steroid dienone is 2. The van der Waals surface area contributed by atoms with E-state index in [1.165, 1.54) is 7.11 Å². The zero-order chi connectivity index (χ0) is 10.3. The molecule has 0 heterocycles. The number of rotatable bonds is 2. The molecule has 0 radical (unpaired) electrons. The molecule has 2 rings (SSSR count). The maximum absolute atomic E-state index is 11.7. The first-order valence-corrected chi connectivity index (χ1v) is 4.86. The smallest absolute Gasteiger partial charge is 0.312 e. The molecule has 14 heavy (non-hydrogen) atoms. The van der Waals surface area contributed by atoms with E-state index in [-0.39, 0.29) is 23.7 Å². The molecule has 1 saturated carbocycles. The second-order valence-electron chi connectivity index (χ2n) is 4.33. The van der Waals surface area contributed by atoms with Crippen LogP contribution < -0.4 is 0 Å². The van der Waals surface area contributed by atoms with Gasteiger partial charge in [0.2, 0.25) is 0 Å². The molecule has 0 spiro atoms. The maximum atomic E-state index is 11.7. The van der Waals surface area contributed by atoms with E-state index < -0.39 is 5.41 Å². The van der Waals surface area contributed by atoms with E-state index in [0.717, 1.165) is 12.7 Å². The minimum absolute atomic E-state index is 0.176. The molecule has 1 fully saturated rings. The summed E-state index contributed by atoms with van der Waals surface area (Å²) >= 11 is 0. The number of esters is 1. The molecule has 0 aromatic rings. The van der Waals surface area contributed by atoms with Gasteiger partial charge in [-0.2, -0.15) is 0 Å². The fourth-order valence-electron chi connectivity index (χ4n) is 2.88. The van der Waals surface area contributed by atoms with Crippen LogP contribution in [0.25, 0.3) is 0 Å². The lowest BCUT2D eigenvalue weighted by atomic mass is 9.70. The van der Waals surface area contributed by atoms with Gasteiger partial charge in [-0.05, 0) is 25.2 Å². The Labute approximate surface area is 83.1 Å². The molecule has 0 saturated heterocycles. The van der Waals surface area contributed by atoms with Gasteiger partial charge in [0, 0.05) is 5.92 Å². The van der Waals surface area contributed by atoms with Gasteiger partial charge in [0.1, 0.15) is 6.29 Å². The molecule has 0 N–H and O–H groups in total. The largest absolute Gasteiger partial charge is 0.469 e. The van der Waals surface area contributed by atoms with Gasteiger partial charge >= 0.3 is 5.97 Å². The first-order valence-electron chi connectivity index (χ1n) is 4.86. The second-order valence-corrected chi connectivity index (χ2v) is 4.33. The zero-order valence-corrected chi connectivity index (χ0v) is 8.40. The summed E-state index contributed by atoms with van der Waals surface area (Å²) in [6.07, 6.45) is 5.91. The van der Waals surface area contributed by atoms with Crippen molar-refractivity contribution in [3.05, 3.63) is 12.2 Å². The molecule has 0 aromatic carbocycles. The van der Waals surface area contributed by atoms with Crippen LogP contribution in [0.3, 0.4) is 0 Å². The van der Waals surface area contributed by atoms with E-state index in [1.807, 2.05) is 13.0 Å². The Kier molecular flexibility index (Phi) is 1.98. The van der Waals surface area contributed by atoms with Crippen molar-refractivity contribution in [2.24, 2.45) is 23.2 Å². The highest BCUT2D eigenvalue weighted by molar-refractivity contribution is 5.83.